The molecule has 0 heterocycles. The second-order valence-electron chi connectivity index (χ2n) is 4.21. The van der Waals surface area contributed by atoms with Gasteiger partial charge in [0.1, 0.15) is 11.9 Å². The Bertz CT molecular complexity index is 648. The largest absolute Gasteiger partial charge is 0.381 e. The van der Waals surface area contributed by atoms with E-state index in [1.54, 1.807) is 18.2 Å². The maximum atomic E-state index is 13.1. The van der Waals surface area contributed by atoms with E-state index in [2.05, 4.69) is 5.32 Å². The van der Waals surface area contributed by atoms with Crippen molar-refractivity contribution in [3.05, 3.63) is 65.0 Å². The number of benzene rings is 2. The van der Waals surface area contributed by atoms with Crippen LogP contribution in [-0.4, -0.2) is 0 Å². The van der Waals surface area contributed by atoms with Crippen molar-refractivity contribution in [2.24, 2.45) is 0 Å². The molecule has 0 fully saturated rings. The van der Waals surface area contributed by atoms with Gasteiger partial charge in [0.05, 0.1) is 5.56 Å². The average Bonchev–Trinajstić information content (AvgIpc) is 2.46. The SMILES string of the molecule is N#Cc1cc(NCc2cccc(C(F)F)c2)ccc1F. The number of rotatable bonds is 4. The van der Waals surface area contributed by atoms with Crippen LogP contribution in [0.25, 0.3) is 0 Å². The highest BCUT2D eigenvalue weighted by atomic mass is 19.3. The van der Waals surface area contributed by atoms with Crippen molar-refractivity contribution >= 4 is 5.69 Å². The minimum atomic E-state index is -2.51. The third kappa shape index (κ3) is 3.29. The molecular weight excluding hydrogens is 265 g/mol. The minimum absolute atomic E-state index is 0.0406. The zero-order valence-electron chi connectivity index (χ0n) is 10.4. The summed E-state index contributed by atoms with van der Waals surface area (Å²) in [6.07, 6.45) is -2.51. The van der Waals surface area contributed by atoms with Crippen LogP contribution in [0.2, 0.25) is 0 Å². The number of nitriles is 1. The molecule has 0 atom stereocenters. The summed E-state index contributed by atoms with van der Waals surface area (Å²) >= 11 is 0. The average molecular weight is 276 g/mol. The molecule has 0 saturated heterocycles. The lowest BCUT2D eigenvalue weighted by Crippen LogP contribution is -2.01. The van der Waals surface area contributed by atoms with Crippen molar-refractivity contribution in [3.63, 3.8) is 0 Å². The van der Waals surface area contributed by atoms with Crippen LogP contribution in [0.15, 0.2) is 42.5 Å². The van der Waals surface area contributed by atoms with Crippen LogP contribution in [0.5, 0.6) is 0 Å². The number of anilines is 1. The first-order valence-electron chi connectivity index (χ1n) is 5.90. The zero-order chi connectivity index (χ0) is 14.5. The summed E-state index contributed by atoms with van der Waals surface area (Å²) in [6, 6.07) is 11.9. The quantitative estimate of drug-likeness (QED) is 0.906. The van der Waals surface area contributed by atoms with E-state index in [9.17, 15) is 13.2 Å². The Kier molecular flexibility index (Phi) is 4.26. The molecule has 0 spiro atoms. The minimum Gasteiger partial charge on any atom is -0.381 e. The summed E-state index contributed by atoms with van der Waals surface area (Å²) in [5.41, 5.74) is 1.15. The predicted octanol–water partition coefficient (Wildman–Crippen LogP) is 4.25. The summed E-state index contributed by atoms with van der Waals surface area (Å²) in [5, 5.41) is 11.7. The Hall–Kier alpha value is -2.48. The molecule has 0 unspecified atom stereocenters. The van der Waals surface area contributed by atoms with Crippen LogP contribution in [0.4, 0.5) is 18.9 Å². The first-order chi connectivity index (χ1) is 9.60. The van der Waals surface area contributed by atoms with E-state index in [4.69, 9.17) is 5.26 Å². The van der Waals surface area contributed by atoms with Gasteiger partial charge in [-0.1, -0.05) is 18.2 Å². The predicted molar refractivity (Wildman–Crippen MR) is 69.8 cm³/mol. The van der Waals surface area contributed by atoms with Crippen molar-refractivity contribution in [3.8, 4) is 6.07 Å². The molecule has 0 aromatic heterocycles. The summed E-state index contributed by atoms with van der Waals surface area (Å²) < 4.78 is 38.3. The Morgan fingerprint density at radius 2 is 1.95 bits per heavy atom. The molecule has 1 N–H and O–H groups in total. The smallest absolute Gasteiger partial charge is 0.263 e. The zero-order valence-corrected chi connectivity index (χ0v) is 10.4. The summed E-state index contributed by atoms with van der Waals surface area (Å²) in [6.45, 7) is 0.317. The molecule has 102 valence electrons. The summed E-state index contributed by atoms with van der Waals surface area (Å²) in [7, 11) is 0. The van der Waals surface area contributed by atoms with E-state index in [0.717, 1.165) is 0 Å². The van der Waals surface area contributed by atoms with Crippen LogP contribution in [0, 0.1) is 17.1 Å². The molecule has 20 heavy (non-hydrogen) atoms. The molecule has 2 rings (SSSR count). The van der Waals surface area contributed by atoms with E-state index >= 15 is 0 Å². The van der Waals surface area contributed by atoms with Gasteiger partial charge in [-0.3, -0.25) is 0 Å². The topological polar surface area (TPSA) is 35.8 Å². The van der Waals surface area contributed by atoms with Crippen LogP contribution in [0.1, 0.15) is 23.1 Å². The Morgan fingerprint density at radius 1 is 1.15 bits per heavy atom. The first kappa shape index (κ1) is 13.9. The third-order valence-electron chi connectivity index (χ3n) is 2.79. The Labute approximate surface area is 114 Å². The second-order valence-corrected chi connectivity index (χ2v) is 4.21. The van der Waals surface area contributed by atoms with Gasteiger partial charge in [-0.2, -0.15) is 5.26 Å². The van der Waals surface area contributed by atoms with Gasteiger partial charge in [-0.25, -0.2) is 13.2 Å². The van der Waals surface area contributed by atoms with E-state index < -0.39 is 12.2 Å². The lowest BCUT2D eigenvalue weighted by molar-refractivity contribution is 0.151. The standard InChI is InChI=1S/C15H11F3N2/c16-14-5-4-13(7-12(14)8-19)20-9-10-2-1-3-11(6-10)15(17)18/h1-7,15,20H,9H2. The van der Waals surface area contributed by atoms with Gasteiger partial charge in [0.2, 0.25) is 0 Å². The van der Waals surface area contributed by atoms with E-state index in [-0.39, 0.29) is 11.1 Å². The molecule has 2 aromatic carbocycles. The maximum absolute atomic E-state index is 13.1. The fourth-order valence-corrected chi connectivity index (χ4v) is 1.76. The summed E-state index contributed by atoms with van der Waals surface area (Å²) in [5.74, 6) is -0.585. The normalized spacial score (nSPS) is 10.3. The number of hydrogen-bond donors (Lipinski definition) is 1. The van der Waals surface area contributed by atoms with Crippen molar-refractivity contribution in [2.75, 3.05) is 5.32 Å². The van der Waals surface area contributed by atoms with Gasteiger partial charge in [-0.05, 0) is 29.8 Å². The molecule has 0 amide bonds. The van der Waals surface area contributed by atoms with E-state index in [1.165, 1.54) is 30.3 Å². The first-order valence-corrected chi connectivity index (χ1v) is 5.90. The number of nitrogens with one attached hydrogen (secondary N) is 1. The molecule has 0 saturated carbocycles. The molecule has 2 nitrogen and oxygen atoms in total. The molecule has 5 heteroatoms. The van der Waals surface area contributed by atoms with Gasteiger partial charge in [0, 0.05) is 17.8 Å². The highest BCUT2D eigenvalue weighted by molar-refractivity contribution is 5.50. The molecule has 0 radical (unpaired) electrons. The van der Waals surface area contributed by atoms with Crippen molar-refractivity contribution in [1.29, 1.82) is 5.26 Å². The van der Waals surface area contributed by atoms with Crippen molar-refractivity contribution < 1.29 is 13.2 Å². The van der Waals surface area contributed by atoms with Gasteiger partial charge in [-0.15, -0.1) is 0 Å². The maximum Gasteiger partial charge on any atom is 0.263 e. The van der Waals surface area contributed by atoms with E-state index in [1.807, 2.05) is 0 Å². The lowest BCUT2D eigenvalue weighted by Gasteiger charge is -2.08. The number of nitrogens with zero attached hydrogens (tertiary/aromatic N) is 1. The number of alkyl halides is 2. The molecule has 0 bridgehead atoms. The summed E-state index contributed by atoms with van der Waals surface area (Å²) in [4.78, 5) is 0. The molecule has 0 aliphatic heterocycles. The third-order valence-corrected chi connectivity index (χ3v) is 2.79. The molecule has 0 aliphatic rings. The second kappa shape index (κ2) is 6.11. The molecule has 2 aromatic rings. The highest BCUT2D eigenvalue weighted by Gasteiger charge is 2.07. The van der Waals surface area contributed by atoms with E-state index in [0.29, 0.717) is 17.8 Å². The Morgan fingerprint density at radius 3 is 2.65 bits per heavy atom. The molecular formula is C15H11F3N2. The van der Waals surface area contributed by atoms with Gasteiger partial charge >= 0.3 is 0 Å². The van der Waals surface area contributed by atoms with Crippen LogP contribution in [0.3, 0.4) is 0 Å². The fraction of sp³-hybridized carbons (Fsp3) is 0.133. The Balaban J connectivity index is 2.09. The van der Waals surface area contributed by atoms with Crippen LogP contribution < -0.4 is 5.32 Å². The van der Waals surface area contributed by atoms with Crippen molar-refractivity contribution in [2.45, 2.75) is 13.0 Å². The van der Waals surface area contributed by atoms with Crippen molar-refractivity contribution in [1.82, 2.24) is 0 Å². The lowest BCUT2D eigenvalue weighted by atomic mass is 10.1. The van der Waals surface area contributed by atoms with Gasteiger partial charge in [0.25, 0.3) is 6.43 Å². The monoisotopic (exact) mass is 276 g/mol. The fourth-order valence-electron chi connectivity index (χ4n) is 1.76. The van der Waals surface area contributed by atoms with Gasteiger partial charge < -0.3 is 5.32 Å². The highest BCUT2D eigenvalue weighted by Crippen LogP contribution is 2.20. The molecule has 0 aliphatic carbocycles. The van der Waals surface area contributed by atoms with Crippen LogP contribution in [-0.2, 0) is 6.54 Å². The van der Waals surface area contributed by atoms with Crippen LogP contribution >= 0.6 is 0 Å². The van der Waals surface area contributed by atoms with Gasteiger partial charge in [0.15, 0.2) is 0 Å². The number of halogens is 3. The number of hydrogen-bond acceptors (Lipinski definition) is 2.